The second kappa shape index (κ2) is 9.24. The van der Waals surface area contributed by atoms with Gasteiger partial charge in [0.25, 0.3) is 12.3 Å². The molecule has 37 heavy (non-hydrogen) atoms. The fourth-order valence-corrected chi connectivity index (χ4v) is 5.20. The van der Waals surface area contributed by atoms with Crippen molar-refractivity contribution < 1.29 is 35.5 Å². The number of alkyl halides is 4. The van der Waals surface area contributed by atoms with Crippen molar-refractivity contribution in [3.05, 3.63) is 35.7 Å². The molecule has 198 valence electrons. The van der Waals surface area contributed by atoms with E-state index in [-0.39, 0.29) is 39.2 Å². The summed E-state index contributed by atoms with van der Waals surface area (Å²) in [6.45, 7) is 1.11. The van der Waals surface area contributed by atoms with Crippen molar-refractivity contribution in [1.29, 1.82) is 0 Å². The maximum atomic E-state index is 13.3. The minimum Gasteiger partial charge on any atom is -0.381 e. The maximum absolute atomic E-state index is 13.3. The molecule has 9 nitrogen and oxygen atoms in total. The molecule has 0 unspecified atom stereocenters. The Balaban J connectivity index is 1.54. The van der Waals surface area contributed by atoms with Crippen LogP contribution in [-0.2, 0) is 19.4 Å². The first kappa shape index (κ1) is 25.4. The van der Waals surface area contributed by atoms with Crippen molar-refractivity contribution in [1.82, 2.24) is 15.0 Å². The molecule has 1 saturated carbocycles. The van der Waals surface area contributed by atoms with E-state index in [0.29, 0.717) is 13.2 Å². The van der Waals surface area contributed by atoms with Gasteiger partial charge in [0, 0.05) is 31.3 Å². The standard InChI is InChI=1S/C23H23F4N5O4S/c1-37(34,35)16-7-11(12-3-2-6-36-10-12)4-5-14(16)28-15-8-17(30-22(33)13-9-23(13,26)27)29-20-18(15)31-21(32-20)19(24)25/h4-5,7-8,12-13,19H,2-3,6,9-10H2,1H3,(H3,28,29,30,31,32,33)/t12-,13-/m0/s1. The number of carbonyl (C=O) groups excluding carboxylic acids is 1. The Kier molecular flexibility index (Phi) is 6.34. The van der Waals surface area contributed by atoms with E-state index in [4.69, 9.17) is 4.74 Å². The molecule has 2 fully saturated rings. The number of ether oxygens (including phenoxy) is 1. The number of halogens is 4. The van der Waals surface area contributed by atoms with Crippen LogP contribution in [-0.4, -0.2) is 54.7 Å². The van der Waals surface area contributed by atoms with Crippen molar-refractivity contribution >= 4 is 44.1 Å². The molecule has 1 saturated heterocycles. The van der Waals surface area contributed by atoms with Gasteiger partial charge in [-0.3, -0.25) is 4.79 Å². The van der Waals surface area contributed by atoms with E-state index in [2.05, 4.69) is 25.6 Å². The summed E-state index contributed by atoms with van der Waals surface area (Å²) in [5.74, 6) is -6.44. The van der Waals surface area contributed by atoms with Crippen LogP contribution in [0.4, 0.5) is 34.8 Å². The predicted octanol–water partition coefficient (Wildman–Crippen LogP) is 4.53. The second-order valence-electron chi connectivity index (χ2n) is 9.25. The van der Waals surface area contributed by atoms with Gasteiger partial charge in [0.15, 0.2) is 21.3 Å². The van der Waals surface area contributed by atoms with E-state index >= 15 is 0 Å². The summed E-state index contributed by atoms with van der Waals surface area (Å²) in [5.41, 5.74) is 0.778. The van der Waals surface area contributed by atoms with Crippen molar-refractivity contribution in [3.8, 4) is 0 Å². The highest BCUT2D eigenvalue weighted by atomic mass is 32.2. The molecule has 1 amide bonds. The monoisotopic (exact) mass is 541 g/mol. The van der Waals surface area contributed by atoms with Crippen LogP contribution in [0.5, 0.6) is 0 Å². The summed E-state index contributed by atoms with van der Waals surface area (Å²) in [4.78, 5) is 22.4. The number of pyridine rings is 1. The fraction of sp³-hybridized carbons (Fsp3) is 0.435. The smallest absolute Gasteiger partial charge is 0.295 e. The Hall–Kier alpha value is -3.26. The van der Waals surface area contributed by atoms with E-state index < -0.39 is 46.3 Å². The molecular weight excluding hydrogens is 518 g/mol. The summed E-state index contributed by atoms with van der Waals surface area (Å²) < 4.78 is 84.1. The highest BCUT2D eigenvalue weighted by molar-refractivity contribution is 7.90. The van der Waals surface area contributed by atoms with E-state index in [0.717, 1.165) is 24.7 Å². The molecule has 0 spiro atoms. The van der Waals surface area contributed by atoms with Crippen LogP contribution in [0.15, 0.2) is 29.2 Å². The number of hydrogen-bond acceptors (Lipinski definition) is 7. The van der Waals surface area contributed by atoms with Crippen molar-refractivity contribution in [2.75, 3.05) is 30.1 Å². The lowest BCUT2D eigenvalue weighted by Crippen LogP contribution is -2.18. The zero-order chi connectivity index (χ0) is 26.5. The highest BCUT2D eigenvalue weighted by Gasteiger charge is 2.61. The number of rotatable bonds is 7. The van der Waals surface area contributed by atoms with Crippen molar-refractivity contribution in [2.45, 2.75) is 42.4 Å². The molecule has 3 N–H and O–H groups in total. The molecule has 3 heterocycles. The quantitative estimate of drug-likeness (QED) is 0.375. The van der Waals surface area contributed by atoms with Crippen molar-refractivity contribution in [2.24, 2.45) is 5.92 Å². The lowest BCUT2D eigenvalue weighted by atomic mass is 9.93. The van der Waals surface area contributed by atoms with Crippen LogP contribution in [0.25, 0.3) is 11.2 Å². The van der Waals surface area contributed by atoms with Crippen LogP contribution >= 0.6 is 0 Å². The van der Waals surface area contributed by atoms with Gasteiger partial charge in [-0.15, -0.1) is 0 Å². The van der Waals surface area contributed by atoms with Gasteiger partial charge in [0.05, 0.1) is 22.9 Å². The number of hydrogen-bond donors (Lipinski definition) is 3. The average molecular weight is 542 g/mol. The summed E-state index contributed by atoms with van der Waals surface area (Å²) in [7, 11) is -3.74. The van der Waals surface area contributed by atoms with Gasteiger partial charge in [0.1, 0.15) is 17.3 Å². The summed E-state index contributed by atoms with van der Waals surface area (Å²) in [6.07, 6.45) is -0.827. The normalized spacial score (nSPS) is 21.2. The zero-order valence-electron chi connectivity index (χ0n) is 19.5. The highest BCUT2D eigenvalue weighted by Crippen LogP contribution is 2.49. The Labute approximate surface area is 208 Å². The molecular formula is C23H23F4N5O4S. The van der Waals surface area contributed by atoms with Gasteiger partial charge < -0.3 is 20.4 Å². The molecule has 0 bridgehead atoms. The van der Waals surface area contributed by atoms with E-state index in [1.165, 1.54) is 6.07 Å². The number of carbonyl (C=O) groups is 1. The zero-order valence-corrected chi connectivity index (χ0v) is 20.3. The molecule has 3 aromatic rings. The number of imidazole rings is 1. The van der Waals surface area contributed by atoms with Gasteiger partial charge in [-0.1, -0.05) is 6.07 Å². The predicted molar refractivity (Wildman–Crippen MR) is 126 cm³/mol. The van der Waals surface area contributed by atoms with Crippen LogP contribution in [0.3, 0.4) is 0 Å². The van der Waals surface area contributed by atoms with Gasteiger partial charge in [-0.25, -0.2) is 35.9 Å². The fourth-order valence-electron chi connectivity index (χ4n) is 4.33. The first-order valence-corrected chi connectivity index (χ1v) is 13.4. The van der Waals surface area contributed by atoms with Gasteiger partial charge in [-0.2, -0.15) is 0 Å². The van der Waals surface area contributed by atoms with Crippen LogP contribution in [0.2, 0.25) is 0 Å². The van der Waals surface area contributed by atoms with E-state index in [1.807, 2.05) is 0 Å². The number of amides is 1. The van der Waals surface area contributed by atoms with Gasteiger partial charge >= 0.3 is 0 Å². The molecule has 14 heteroatoms. The minimum absolute atomic E-state index is 0.0261. The number of nitrogens with zero attached hydrogens (tertiary/aromatic N) is 2. The number of anilines is 3. The molecule has 5 rings (SSSR count). The van der Waals surface area contributed by atoms with E-state index in [9.17, 15) is 30.8 Å². The van der Waals surface area contributed by atoms with Gasteiger partial charge in [-0.05, 0) is 30.5 Å². The number of H-pyrrole nitrogens is 1. The summed E-state index contributed by atoms with van der Waals surface area (Å²) in [6, 6.07) is 6.08. The number of sulfone groups is 1. The number of aromatic amines is 1. The SMILES string of the molecule is CS(=O)(=O)c1cc([C@H]2CCCOC2)ccc1Nc1cc(NC(=O)[C@@H]2CC2(F)F)nc2[nH]c(C(F)F)nc12. The first-order chi connectivity index (χ1) is 17.4. The number of fused-ring (bicyclic) bond motifs is 1. The topological polar surface area (TPSA) is 126 Å². The molecule has 1 aromatic carbocycles. The lowest BCUT2D eigenvalue weighted by molar-refractivity contribution is -0.119. The molecule has 1 aliphatic heterocycles. The maximum Gasteiger partial charge on any atom is 0.295 e. The third kappa shape index (κ3) is 5.25. The second-order valence-corrected chi connectivity index (χ2v) is 11.2. The third-order valence-electron chi connectivity index (χ3n) is 6.38. The molecule has 2 atom stereocenters. The first-order valence-electron chi connectivity index (χ1n) is 11.5. The third-order valence-corrected chi connectivity index (χ3v) is 7.51. The van der Waals surface area contributed by atoms with Gasteiger partial charge in [0.2, 0.25) is 5.91 Å². The number of benzene rings is 1. The largest absolute Gasteiger partial charge is 0.381 e. The Morgan fingerprint density at radius 1 is 1.22 bits per heavy atom. The molecule has 1 aliphatic carbocycles. The summed E-state index contributed by atoms with van der Waals surface area (Å²) in [5, 5.41) is 5.18. The van der Waals surface area contributed by atoms with Crippen molar-refractivity contribution in [3.63, 3.8) is 0 Å². The molecule has 2 aliphatic rings. The average Bonchev–Trinajstić information content (AvgIpc) is 3.27. The Morgan fingerprint density at radius 3 is 2.59 bits per heavy atom. The van der Waals surface area contributed by atoms with E-state index in [1.54, 1.807) is 18.2 Å². The van der Waals surface area contributed by atoms with Crippen LogP contribution in [0, 0.1) is 5.92 Å². The van der Waals surface area contributed by atoms with Crippen LogP contribution < -0.4 is 10.6 Å². The number of aromatic nitrogens is 3. The number of nitrogens with one attached hydrogen (secondary N) is 3. The summed E-state index contributed by atoms with van der Waals surface area (Å²) >= 11 is 0. The molecule has 2 aromatic heterocycles. The Morgan fingerprint density at radius 2 is 1.97 bits per heavy atom. The minimum atomic E-state index is -3.74. The van der Waals surface area contributed by atoms with Crippen LogP contribution in [0.1, 0.15) is 43.0 Å². The molecule has 0 radical (unpaired) electrons. The Bertz CT molecular complexity index is 1470. The lowest BCUT2D eigenvalue weighted by Gasteiger charge is -2.23.